The molecule has 5 aromatic carbocycles. The second-order valence-electron chi connectivity index (χ2n) is 11.8. The molecule has 2 heterocycles. The quantitative estimate of drug-likeness (QED) is 0.163. The van der Waals surface area contributed by atoms with Crippen LogP contribution in [0.2, 0.25) is 0 Å². The van der Waals surface area contributed by atoms with Crippen LogP contribution in [0.4, 0.5) is 0 Å². The number of rotatable bonds is 3. The molecule has 4 nitrogen and oxygen atoms in total. The summed E-state index contributed by atoms with van der Waals surface area (Å²) in [4.78, 5) is 25.8. The highest BCUT2D eigenvalue weighted by molar-refractivity contribution is 6.06. The molecule has 0 aliphatic rings. The van der Waals surface area contributed by atoms with Crippen molar-refractivity contribution in [1.82, 2.24) is 0 Å². The van der Waals surface area contributed by atoms with Crippen molar-refractivity contribution in [2.24, 2.45) is 0 Å². The van der Waals surface area contributed by atoms with Crippen LogP contribution in [0.1, 0.15) is 26.3 Å². The lowest BCUT2D eigenvalue weighted by Crippen LogP contribution is -2.10. The van der Waals surface area contributed by atoms with Crippen LogP contribution < -0.4 is 11.3 Å². The Balaban J connectivity index is 1.27. The van der Waals surface area contributed by atoms with E-state index in [4.69, 9.17) is 8.83 Å². The van der Waals surface area contributed by atoms with Crippen molar-refractivity contribution >= 4 is 32.7 Å². The standard InChI is InChI=1S/C38H28O4/c1-38(2,3)29-16-17-30-27(20-29)15-18-35-33(30)22-32(37(40)42-35)26-9-6-8-25(19-26)23-11-13-24(14-12-23)31-21-28-7-4-5-10-34(28)41-36(31)39/h4-22H,1-3H3. The molecule has 0 N–H and O–H groups in total. The normalized spacial score (nSPS) is 11.9. The molecule has 4 heteroatoms. The monoisotopic (exact) mass is 548 g/mol. The maximum Gasteiger partial charge on any atom is 0.344 e. The molecule has 0 bridgehead atoms. The highest BCUT2D eigenvalue weighted by Gasteiger charge is 2.16. The van der Waals surface area contributed by atoms with E-state index < -0.39 is 0 Å². The summed E-state index contributed by atoms with van der Waals surface area (Å²) in [6, 6.07) is 37.4. The number of para-hydroxylation sites is 1. The fourth-order valence-electron chi connectivity index (χ4n) is 5.57. The molecule has 0 aliphatic carbocycles. The Bertz CT molecular complexity index is 2260. The van der Waals surface area contributed by atoms with Gasteiger partial charge in [0, 0.05) is 10.8 Å². The summed E-state index contributed by atoms with van der Waals surface area (Å²) in [5.74, 6) is 0. The number of hydrogen-bond donors (Lipinski definition) is 0. The molecule has 0 unspecified atom stereocenters. The first-order valence-corrected chi connectivity index (χ1v) is 14.0. The minimum Gasteiger partial charge on any atom is -0.422 e. The van der Waals surface area contributed by atoms with Gasteiger partial charge in [-0.2, -0.15) is 0 Å². The number of hydrogen-bond acceptors (Lipinski definition) is 4. The summed E-state index contributed by atoms with van der Waals surface area (Å²) in [7, 11) is 0. The zero-order chi connectivity index (χ0) is 29.0. The van der Waals surface area contributed by atoms with Crippen LogP contribution in [0.25, 0.3) is 66.1 Å². The Morgan fingerprint density at radius 3 is 1.95 bits per heavy atom. The van der Waals surface area contributed by atoms with Gasteiger partial charge in [0.05, 0.1) is 11.1 Å². The lowest BCUT2D eigenvalue weighted by molar-refractivity contribution is 0.563. The van der Waals surface area contributed by atoms with Gasteiger partial charge in [0.1, 0.15) is 11.2 Å². The first-order chi connectivity index (χ1) is 20.2. The average molecular weight is 549 g/mol. The van der Waals surface area contributed by atoms with E-state index in [1.54, 1.807) is 6.07 Å². The third-order valence-corrected chi connectivity index (χ3v) is 7.94. The molecular weight excluding hydrogens is 520 g/mol. The third kappa shape index (κ3) is 4.51. The Morgan fingerprint density at radius 2 is 1.17 bits per heavy atom. The average Bonchev–Trinajstić information content (AvgIpc) is 2.99. The number of fused-ring (bicyclic) bond motifs is 4. The van der Waals surface area contributed by atoms with Gasteiger partial charge in [-0.1, -0.05) is 106 Å². The lowest BCUT2D eigenvalue weighted by atomic mass is 9.85. The Hall–Kier alpha value is -5.22. The molecule has 7 aromatic rings. The van der Waals surface area contributed by atoms with Gasteiger partial charge >= 0.3 is 11.3 Å². The molecule has 0 saturated heterocycles. The minimum absolute atomic E-state index is 0.0400. The highest BCUT2D eigenvalue weighted by Crippen LogP contribution is 2.33. The van der Waals surface area contributed by atoms with Gasteiger partial charge in [-0.05, 0) is 74.3 Å². The second-order valence-corrected chi connectivity index (χ2v) is 11.8. The van der Waals surface area contributed by atoms with E-state index in [1.807, 2.05) is 91.0 Å². The summed E-state index contributed by atoms with van der Waals surface area (Å²) in [5.41, 5.74) is 6.23. The molecular formula is C38H28O4. The van der Waals surface area contributed by atoms with Crippen LogP contribution in [0.15, 0.2) is 134 Å². The largest absolute Gasteiger partial charge is 0.422 e. The minimum atomic E-state index is -0.372. The van der Waals surface area contributed by atoms with Crippen molar-refractivity contribution in [3.8, 4) is 33.4 Å². The van der Waals surface area contributed by atoms with Crippen LogP contribution in [-0.4, -0.2) is 0 Å². The van der Waals surface area contributed by atoms with Gasteiger partial charge in [-0.3, -0.25) is 0 Å². The molecule has 0 fully saturated rings. The topological polar surface area (TPSA) is 60.4 Å². The molecule has 0 amide bonds. The van der Waals surface area contributed by atoms with Crippen LogP contribution in [-0.2, 0) is 5.41 Å². The van der Waals surface area contributed by atoms with Gasteiger partial charge in [0.25, 0.3) is 0 Å². The highest BCUT2D eigenvalue weighted by atomic mass is 16.4. The van der Waals surface area contributed by atoms with Gasteiger partial charge in [-0.15, -0.1) is 0 Å². The molecule has 42 heavy (non-hydrogen) atoms. The van der Waals surface area contributed by atoms with Crippen molar-refractivity contribution in [3.63, 3.8) is 0 Å². The second kappa shape index (κ2) is 9.71. The fraction of sp³-hybridized carbons (Fsp3) is 0.105. The molecule has 0 atom stereocenters. The van der Waals surface area contributed by atoms with Crippen LogP contribution in [0, 0.1) is 0 Å². The summed E-state index contributed by atoms with van der Waals surface area (Å²) >= 11 is 0. The third-order valence-electron chi connectivity index (χ3n) is 7.94. The smallest absolute Gasteiger partial charge is 0.344 e. The van der Waals surface area contributed by atoms with Crippen molar-refractivity contribution in [1.29, 1.82) is 0 Å². The van der Waals surface area contributed by atoms with Crippen molar-refractivity contribution in [2.75, 3.05) is 0 Å². The van der Waals surface area contributed by atoms with Crippen LogP contribution >= 0.6 is 0 Å². The van der Waals surface area contributed by atoms with Gasteiger partial charge < -0.3 is 8.83 Å². The van der Waals surface area contributed by atoms with E-state index in [0.717, 1.165) is 43.8 Å². The molecule has 0 saturated carbocycles. The van der Waals surface area contributed by atoms with Crippen LogP contribution in [0.3, 0.4) is 0 Å². The lowest BCUT2D eigenvalue weighted by Gasteiger charge is -2.19. The van der Waals surface area contributed by atoms with E-state index in [-0.39, 0.29) is 16.7 Å². The molecule has 0 aliphatic heterocycles. The summed E-state index contributed by atoms with van der Waals surface area (Å²) < 4.78 is 11.3. The first kappa shape index (κ1) is 25.7. The van der Waals surface area contributed by atoms with E-state index in [2.05, 4.69) is 39.0 Å². The summed E-state index contributed by atoms with van der Waals surface area (Å²) in [6.07, 6.45) is 0. The summed E-state index contributed by atoms with van der Waals surface area (Å²) in [5, 5.41) is 3.95. The van der Waals surface area contributed by atoms with Gasteiger partial charge in [-0.25, -0.2) is 9.59 Å². The Labute approximate surface area is 242 Å². The van der Waals surface area contributed by atoms with Gasteiger partial charge in [0.2, 0.25) is 0 Å². The Morgan fingerprint density at radius 1 is 0.476 bits per heavy atom. The van der Waals surface area contributed by atoms with E-state index in [1.165, 1.54) is 5.56 Å². The zero-order valence-corrected chi connectivity index (χ0v) is 23.6. The SMILES string of the molecule is CC(C)(C)c1ccc2c(ccc3oc(=O)c(-c4cccc(-c5ccc(-c6cc7ccccc7oc6=O)cc5)c4)cc32)c1. The first-order valence-electron chi connectivity index (χ1n) is 14.0. The van der Waals surface area contributed by atoms with E-state index in [0.29, 0.717) is 22.3 Å². The molecule has 0 radical (unpaired) electrons. The van der Waals surface area contributed by atoms with E-state index in [9.17, 15) is 9.59 Å². The van der Waals surface area contributed by atoms with Gasteiger partial charge in [0.15, 0.2) is 0 Å². The van der Waals surface area contributed by atoms with Crippen LogP contribution in [0.5, 0.6) is 0 Å². The molecule has 2 aromatic heterocycles. The summed E-state index contributed by atoms with van der Waals surface area (Å²) in [6.45, 7) is 6.60. The predicted molar refractivity (Wildman–Crippen MR) is 171 cm³/mol. The van der Waals surface area contributed by atoms with Crippen molar-refractivity contribution in [2.45, 2.75) is 26.2 Å². The zero-order valence-electron chi connectivity index (χ0n) is 23.6. The van der Waals surface area contributed by atoms with Crippen molar-refractivity contribution < 1.29 is 8.83 Å². The molecule has 0 spiro atoms. The maximum absolute atomic E-state index is 13.1. The fourth-order valence-corrected chi connectivity index (χ4v) is 5.57. The van der Waals surface area contributed by atoms with E-state index >= 15 is 0 Å². The molecule has 204 valence electrons. The maximum atomic E-state index is 13.1. The Kier molecular flexibility index (Phi) is 5.95. The van der Waals surface area contributed by atoms with Crippen molar-refractivity contribution in [3.05, 3.63) is 142 Å². The number of benzene rings is 5. The molecule has 7 rings (SSSR count). The predicted octanol–water partition coefficient (Wildman–Crippen LogP) is 9.35.